The molecule has 0 atom stereocenters. The molecule has 1 aliphatic carbocycles. The van der Waals surface area contributed by atoms with E-state index in [0.29, 0.717) is 27.4 Å². The molecule has 0 spiro atoms. The van der Waals surface area contributed by atoms with Gasteiger partial charge in [0, 0.05) is 6.04 Å². The molecule has 2 aromatic carbocycles. The number of hydrogen-bond donors (Lipinski definition) is 0. The Labute approximate surface area is 163 Å². The van der Waals surface area contributed by atoms with Crippen molar-refractivity contribution in [3.8, 4) is 11.4 Å². The fourth-order valence-electron chi connectivity index (χ4n) is 3.09. The van der Waals surface area contributed by atoms with E-state index in [0.717, 1.165) is 12.8 Å². The fourth-order valence-corrected chi connectivity index (χ4v) is 3.97. The first-order chi connectivity index (χ1) is 13.7. The van der Waals surface area contributed by atoms with Gasteiger partial charge in [0.15, 0.2) is 11.0 Å². The Morgan fingerprint density at radius 3 is 2.64 bits per heavy atom. The summed E-state index contributed by atoms with van der Waals surface area (Å²) in [4.78, 5) is 12.6. The molecule has 7 nitrogen and oxygen atoms in total. The van der Waals surface area contributed by atoms with Crippen LogP contribution in [0.2, 0.25) is 0 Å². The molecule has 1 aliphatic rings. The lowest BCUT2D eigenvalue weighted by Crippen LogP contribution is -2.23. The zero-order valence-electron chi connectivity index (χ0n) is 14.7. The van der Waals surface area contributed by atoms with Gasteiger partial charge in [-0.05, 0) is 37.1 Å². The first kappa shape index (κ1) is 17.1. The highest BCUT2D eigenvalue weighted by atomic mass is 32.2. The molecule has 0 bridgehead atoms. The summed E-state index contributed by atoms with van der Waals surface area (Å²) in [5, 5.41) is 17.7. The summed E-state index contributed by atoms with van der Waals surface area (Å²) in [6, 6.07) is 13.9. The van der Waals surface area contributed by atoms with Crippen LogP contribution in [0.1, 0.15) is 18.9 Å². The smallest absolute Gasteiger partial charge is 0.278 e. The minimum absolute atomic E-state index is 0.204. The SMILES string of the molecule is O=c1c2ccccc2nnn1CSc1nnc(-c2ccccc2F)n1C1CC1. The van der Waals surface area contributed by atoms with Crippen molar-refractivity contribution in [2.75, 3.05) is 0 Å². The summed E-state index contributed by atoms with van der Waals surface area (Å²) in [6.07, 6.45) is 2.01. The first-order valence-corrected chi connectivity index (χ1v) is 9.86. The molecule has 0 saturated heterocycles. The van der Waals surface area contributed by atoms with Crippen molar-refractivity contribution in [1.82, 2.24) is 29.8 Å². The number of aromatic nitrogens is 6. The van der Waals surface area contributed by atoms with E-state index >= 15 is 0 Å². The van der Waals surface area contributed by atoms with Crippen LogP contribution in [0.3, 0.4) is 0 Å². The molecule has 2 heterocycles. The van der Waals surface area contributed by atoms with E-state index in [1.807, 2.05) is 10.6 Å². The Morgan fingerprint density at radius 2 is 1.82 bits per heavy atom. The van der Waals surface area contributed by atoms with Crippen LogP contribution < -0.4 is 5.56 Å². The molecule has 0 amide bonds. The highest BCUT2D eigenvalue weighted by Crippen LogP contribution is 2.41. The third-order valence-electron chi connectivity index (χ3n) is 4.64. The number of thioether (sulfide) groups is 1. The van der Waals surface area contributed by atoms with Gasteiger partial charge in [-0.2, -0.15) is 4.68 Å². The van der Waals surface area contributed by atoms with E-state index in [2.05, 4.69) is 20.5 Å². The van der Waals surface area contributed by atoms with Crippen LogP contribution >= 0.6 is 11.8 Å². The van der Waals surface area contributed by atoms with Crippen molar-refractivity contribution in [2.45, 2.75) is 29.9 Å². The molecule has 0 N–H and O–H groups in total. The van der Waals surface area contributed by atoms with Gasteiger partial charge in [-0.1, -0.05) is 41.2 Å². The maximum Gasteiger partial charge on any atom is 0.278 e. The second-order valence-corrected chi connectivity index (χ2v) is 7.48. The molecule has 4 aromatic rings. The third kappa shape index (κ3) is 2.97. The quantitative estimate of drug-likeness (QED) is 0.484. The van der Waals surface area contributed by atoms with Gasteiger partial charge in [0.05, 0.1) is 16.8 Å². The number of fused-ring (bicyclic) bond motifs is 1. The van der Waals surface area contributed by atoms with Gasteiger partial charge in [0.2, 0.25) is 0 Å². The number of hydrogen-bond acceptors (Lipinski definition) is 6. The van der Waals surface area contributed by atoms with Gasteiger partial charge in [-0.3, -0.25) is 9.36 Å². The summed E-state index contributed by atoms with van der Waals surface area (Å²) >= 11 is 1.34. The van der Waals surface area contributed by atoms with Gasteiger partial charge in [0.1, 0.15) is 11.3 Å². The van der Waals surface area contributed by atoms with Gasteiger partial charge < -0.3 is 0 Å². The lowest BCUT2D eigenvalue weighted by molar-refractivity contribution is 0.620. The van der Waals surface area contributed by atoms with Gasteiger partial charge >= 0.3 is 0 Å². The number of rotatable bonds is 5. The lowest BCUT2D eigenvalue weighted by Gasteiger charge is -2.09. The van der Waals surface area contributed by atoms with Crippen LogP contribution in [0.15, 0.2) is 58.5 Å². The Bertz CT molecular complexity index is 1230. The maximum atomic E-state index is 14.2. The summed E-state index contributed by atoms with van der Waals surface area (Å²) in [5.41, 5.74) is 0.790. The van der Waals surface area contributed by atoms with Crippen LogP contribution in [-0.4, -0.2) is 29.8 Å². The third-order valence-corrected chi connectivity index (χ3v) is 5.55. The highest BCUT2D eigenvalue weighted by Gasteiger charge is 2.31. The first-order valence-electron chi connectivity index (χ1n) is 8.87. The zero-order chi connectivity index (χ0) is 19.1. The lowest BCUT2D eigenvalue weighted by atomic mass is 10.2. The molecular formula is C19H15FN6OS. The summed E-state index contributed by atoms with van der Waals surface area (Å²) in [7, 11) is 0. The molecule has 2 aromatic heterocycles. The van der Waals surface area contributed by atoms with Crippen molar-refractivity contribution >= 4 is 22.7 Å². The van der Waals surface area contributed by atoms with E-state index < -0.39 is 0 Å². The van der Waals surface area contributed by atoms with Crippen LogP contribution in [-0.2, 0) is 5.88 Å². The van der Waals surface area contributed by atoms with Crippen LogP contribution in [0.4, 0.5) is 4.39 Å². The van der Waals surface area contributed by atoms with E-state index in [1.54, 1.807) is 36.4 Å². The second kappa shape index (κ2) is 6.83. The van der Waals surface area contributed by atoms with E-state index in [1.165, 1.54) is 22.5 Å². The maximum absolute atomic E-state index is 14.2. The van der Waals surface area contributed by atoms with Crippen molar-refractivity contribution in [3.63, 3.8) is 0 Å². The molecule has 1 fully saturated rings. The highest BCUT2D eigenvalue weighted by molar-refractivity contribution is 7.98. The van der Waals surface area contributed by atoms with Gasteiger partial charge in [-0.15, -0.1) is 15.3 Å². The Morgan fingerprint density at radius 1 is 1.04 bits per heavy atom. The fraction of sp³-hybridized carbons (Fsp3) is 0.211. The normalized spacial score (nSPS) is 13.9. The van der Waals surface area contributed by atoms with E-state index in [9.17, 15) is 9.18 Å². The standard InChI is InChI=1S/C19H15FN6OS/c20-15-7-3-1-5-13(15)17-22-23-19(26(17)12-9-10-12)28-11-25-18(27)14-6-2-4-8-16(14)21-24-25/h1-8,12H,9-11H2. The predicted octanol–water partition coefficient (Wildman–Crippen LogP) is 3.27. The zero-order valence-corrected chi connectivity index (χ0v) is 15.5. The Balaban J connectivity index is 1.48. The molecule has 28 heavy (non-hydrogen) atoms. The minimum atomic E-state index is -0.329. The monoisotopic (exact) mass is 394 g/mol. The van der Waals surface area contributed by atoms with Gasteiger partial charge in [-0.25, -0.2) is 4.39 Å². The molecular weight excluding hydrogens is 379 g/mol. The summed E-state index contributed by atoms with van der Waals surface area (Å²) in [6.45, 7) is 0. The van der Waals surface area contributed by atoms with E-state index in [4.69, 9.17) is 0 Å². The molecule has 1 saturated carbocycles. The molecule has 0 radical (unpaired) electrons. The van der Waals surface area contributed by atoms with Crippen LogP contribution in [0, 0.1) is 5.82 Å². The number of nitrogens with zero attached hydrogens (tertiary/aromatic N) is 6. The number of halogens is 1. The predicted molar refractivity (Wildman–Crippen MR) is 103 cm³/mol. The van der Waals surface area contributed by atoms with Crippen molar-refractivity contribution < 1.29 is 4.39 Å². The average Bonchev–Trinajstić information content (AvgIpc) is 3.48. The molecule has 9 heteroatoms. The average molecular weight is 394 g/mol. The van der Waals surface area contributed by atoms with E-state index in [-0.39, 0.29) is 23.3 Å². The molecule has 0 aliphatic heterocycles. The topological polar surface area (TPSA) is 78.5 Å². The second-order valence-electron chi connectivity index (χ2n) is 6.57. The minimum Gasteiger partial charge on any atom is -0.299 e. The van der Waals surface area contributed by atoms with Crippen molar-refractivity contribution in [2.24, 2.45) is 0 Å². The Kier molecular flexibility index (Phi) is 4.16. The van der Waals surface area contributed by atoms with Crippen molar-refractivity contribution in [1.29, 1.82) is 0 Å². The Hall–Kier alpha value is -3.07. The summed E-state index contributed by atoms with van der Waals surface area (Å²) in [5.74, 6) is 0.434. The van der Waals surface area contributed by atoms with Gasteiger partial charge in [0.25, 0.3) is 5.56 Å². The molecule has 140 valence electrons. The van der Waals surface area contributed by atoms with Crippen molar-refractivity contribution in [3.05, 3.63) is 64.7 Å². The largest absolute Gasteiger partial charge is 0.299 e. The summed E-state index contributed by atoms with van der Waals surface area (Å²) < 4.78 is 17.5. The van der Waals surface area contributed by atoms with Crippen LogP contribution in [0.5, 0.6) is 0 Å². The van der Waals surface area contributed by atoms with Crippen LogP contribution in [0.25, 0.3) is 22.3 Å². The molecule has 5 rings (SSSR count). The number of benzene rings is 2. The molecule has 0 unspecified atom stereocenters.